The van der Waals surface area contributed by atoms with Gasteiger partial charge in [0.05, 0.1) is 12.2 Å². The Bertz CT molecular complexity index is 1080. The van der Waals surface area contributed by atoms with Crippen LogP contribution in [0.4, 0.5) is 5.69 Å². The molecule has 3 rings (SSSR count). The average molecular weight is 429 g/mol. The maximum Gasteiger partial charge on any atom is 0.278 e. The summed E-state index contributed by atoms with van der Waals surface area (Å²) in [6.07, 6.45) is 3.92. The lowest BCUT2D eigenvalue weighted by molar-refractivity contribution is -0.121. The molecule has 0 radical (unpaired) electrons. The van der Waals surface area contributed by atoms with Crippen molar-refractivity contribution < 1.29 is 22.6 Å². The van der Waals surface area contributed by atoms with Gasteiger partial charge in [-0.25, -0.2) is 0 Å². The van der Waals surface area contributed by atoms with E-state index in [2.05, 4.69) is 5.32 Å². The zero-order valence-corrected chi connectivity index (χ0v) is 17.0. The Hall–Kier alpha value is -3.01. The van der Waals surface area contributed by atoms with Gasteiger partial charge in [-0.3, -0.25) is 14.1 Å². The number of nitrogens with zero attached hydrogens (tertiary/aromatic N) is 1. The minimum atomic E-state index is -4.61. The van der Waals surface area contributed by atoms with E-state index in [1.165, 1.54) is 0 Å². The van der Waals surface area contributed by atoms with E-state index in [1.807, 2.05) is 60.7 Å². The molecule has 4 N–H and O–H groups in total. The van der Waals surface area contributed by atoms with Crippen LogP contribution >= 0.6 is 0 Å². The second kappa shape index (κ2) is 9.21. The predicted octanol–water partition coefficient (Wildman–Crippen LogP) is 1.43. The summed E-state index contributed by atoms with van der Waals surface area (Å²) >= 11 is 0. The monoisotopic (exact) mass is 429 g/mol. The number of para-hydroxylation sites is 1. The molecule has 9 heteroatoms. The number of hydrogen-bond acceptors (Lipinski definition) is 5. The number of carbonyl (C=O) groups excluding carboxylic acids is 2. The fourth-order valence-corrected chi connectivity index (χ4v) is 3.88. The van der Waals surface area contributed by atoms with Crippen molar-refractivity contribution in [1.82, 2.24) is 5.32 Å². The lowest BCUT2D eigenvalue weighted by Crippen LogP contribution is -2.45. The van der Waals surface area contributed by atoms with Crippen molar-refractivity contribution in [3.8, 4) is 0 Å². The molecule has 1 unspecified atom stereocenters. The molecule has 0 aromatic heterocycles. The molecule has 0 saturated carbocycles. The molecule has 0 fully saturated rings. The van der Waals surface area contributed by atoms with Gasteiger partial charge in [0.2, 0.25) is 11.8 Å². The number of amides is 2. The first kappa shape index (κ1) is 21.7. The molecular weight excluding hydrogens is 406 g/mol. The Morgan fingerprint density at radius 3 is 2.40 bits per heavy atom. The van der Waals surface area contributed by atoms with E-state index in [9.17, 15) is 18.0 Å². The van der Waals surface area contributed by atoms with Crippen LogP contribution in [-0.4, -0.2) is 43.1 Å². The third-order valence-corrected chi connectivity index (χ3v) is 5.98. The number of hydrogen-bond donors (Lipinski definition) is 3. The molecule has 30 heavy (non-hydrogen) atoms. The molecule has 0 aliphatic carbocycles. The lowest BCUT2D eigenvalue weighted by atomic mass is 10.0. The Balaban J connectivity index is 1.77. The van der Waals surface area contributed by atoms with Gasteiger partial charge in [-0.2, -0.15) is 8.42 Å². The summed E-state index contributed by atoms with van der Waals surface area (Å²) in [6.45, 7) is -0.276. The number of benzene rings is 2. The molecule has 2 amide bonds. The molecule has 0 spiro atoms. The van der Waals surface area contributed by atoms with E-state index in [1.54, 1.807) is 4.90 Å². The summed E-state index contributed by atoms with van der Waals surface area (Å²) in [5, 5.41) is 0.604. The molecule has 8 nitrogen and oxygen atoms in total. The van der Waals surface area contributed by atoms with Crippen molar-refractivity contribution in [3.63, 3.8) is 0 Å². The second-order valence-corrected chi connectivity index (χ2v) is 8.45. The zero-order valence-electron chi connectivity index (χ0n) is 16.2. The summed E-state index contributed by atoms with van der Waals surface area (Å²) in [4.78, 5) is 26.6. The fourth-order valence-electron chi connectivity index (χ4n) is 3.28. The van der Waals surface area contributed by atoms with E-state index in [4.69, 9.17) is 10.3 Å². The van der Waals surface area contributed by atoms with Crippen molar-refractivity contribution in [3.05, 3.63) is 65.2 Å². The highest BCUT2D eigenvalue weighted by molar-refractivity contribution is 7.87. The van der Waals surface area contributed by atoms with Gasteiger partial charge >= 0.3 is 0 Å². The fraction of sp³-hybridized carbons (Fsp3) is 0.238. The van der Waals surface area contributed by atoms with Gasteiger partial charge in [0.25, 0.3) is 10.1 Å². The predicted molar refractivity (Wildman–Crippen MR) is 115 cm³/mol. The Labute approximate surface area is 175 Å². The van der Waals surface area contributed by atoms with Crippen LogP contribution in [0.2, 0.25) is 0 Å². The molecule has 1 aliphatic rings. The Kier molecular flexibility index (Phi) is 6.66. The van der Waals surface area contributed by atoms with Crippen LogP contribution in [0.5, 0.6) is 0 Å². The molecular formula is C21H23N3O5S. The molecule has 1 atom stereocenters. The van der Waals surface area contributed by atoms with Crippen LogP contribution in [0.15, 0.2) is 48.5 Å². The standard InChI is InChI=1S/C21H23N3O5S/c22-13-19(30(27,28)29)21(26)23-12-11-20(25)24-14-17-7-2-1-5-15(17)9-10-16-6-3-4-8-18(16)24/h1-10,19H,11-14,22H2,(H,23,26)(H,27,28,29)/b10-9-. The van der Waals surface area contributed by atoms with E-state index in [-0.39, 0.29) is 18.9 Å². The van der Waals surface area contributed by atoms with E-state index in [0.29, 0.717) is 6.54 Å². The lowest BCUT2D eigenvalue weighted by Gasteiger charge is -2.27. The van der Waals surface area contributed by atoms with Gasteiger partial charge in [-0.15, -0.1) is 0 Å². The van der Waals surface area contributed by atoms with E-state index in [0.717, 1.165) is 22.4 Å². The van der Waals surface area contributed by atoms with Crippen LogP contribution in [0.25, 0.3) is 12.2 Å². The van der Waals surface area contributed by atoms with Gasteiger partial charge in [-0.05, 0) is 22.8 Å². The average Bonchev–Trinajstić information content (AvgIpc) is 2.69. The number of carbonyl (C=O) groups is 2. The Morgan fingerprint density at radius 2 is 1.70 bits per heavy atom. The first-order valence-corrected chi connectivity index (χ1v) is 10.9. The molecule has 0 bridgehead atoms. The number of nitrogens with one attached hydrogen (secondary N) is 1. The van der Waals surface area contributed by atoms with Crippen LogP contribution in [-0.2, 0) is 26.3 Å². The van der Waals surface area contributed by atoms with Gasteiger partial charge in [0, 0.05) is 19.5 Å². The van der Waals surface area contributed by atoms with Gasteiger partial charge < -0.3 is 16.0 Å². The topological polar surface area (TPSA) is 130 Å². The summed E-state index contributed by atoms with van der Waals surface area (Å²) in [5.41, 5.74) is 8.89. The van der Waals surface area contributed by atoms with E-state index < -0.39 is 27.8 Å². The van der Waals surface area contributed by atoms with Crippen molar-refractivity contribution >= 4 is 39.8 Å². The van der Waals surface area contributed by atoms with Crippen molar-refractivity contribution in [2.75, 3.05) is 18.0 Å². The molecule has 2 aromatic carbocycles. The third kappa shape index (κ3) is 4.93. The largest absolute Gasteiger partial charge is 0.354 e. The van der Waals surface area contributed by atoms with Crippen LogP contribution in [0.1, 0.15) is 23.1 Å². The molecule has 1 heterocycles. The van der Waals surface area contributed by atoms with E-state index >= 15 is 0 Å². The summed E-state index contributed by atoms with van der Waals surface area (Å²) in [5.74, 6) is -1.17. The molecule has 1 aliphatic heterocycles. The van der Waals surface area contributed by atoms with Gasteiger partial charge in [-0.1, -0.05) is 54.6 Å². The maximum atomic E-state index is 13.0. The molecule has 2 aromatic rings. The number of rotatable bonds is 6. The molecule has 158 valence electrons. The summed E-state index contributed by atoms with van der Waals surface area (Å²) < 4.78 is 31.5. The SMILES string of the molecule is NCC(C(=O)NCCC(=O)N1Cc2ccccc2/C=C\c2ccccc21)S(=O)(=O)O. The third-order valence-electron chi connectivity index (χ3n) is 4.86. The highest BCUT2D eigenvalue weighted by Crippen LogP contribution is 2.29. The normalized spacial score (nSPS) is 15.2. The van der Waals surface area contributed by atoms with Crippen molar-refractivity contribution in [2.24, 2.45) is 5.73 Å². The number of anilines is 1. The number of nitrogens with two attached hydrogens (primary N) is 1. The number of fused-ring (bicyclic) bond motifs is 2. The smallest absolute Gasteiger partial charge is 0.278 e. The molecule has 0 saturated heterocycles. The minimum absolute atomic E-state index is 0.0469. The van der Waals surface area contributed by atoms with Gasteiger partial charge in [0.15, 0.2) is 5.25 Å². The highest BCUT2D eigenvalue weighted by Gasteiger charge is 2.29. The summed E-state index contributed by atoms with van der Waals surface area (Å²) in [7, 11) is -4.61. The van der Waals surface area contributed by atoms with Gasteiger partial charge in [0.1, 0.15) is 0 Å². The maximum absolute atomic E-state index is 13.0. The second-order valence-electron chi connectivity index (χ2n) is 6.85. The van der Waals surface area contributed by atoms with Crippen molar-refractivity contribution in [2.45, 2.75) is 18.2 Å². The van der Waals surface area contributed by atoms with Crippen molar-refractivity contribution in [1.29, 1.82) is 0 Å². The van der Waals surface area contributed by atoms with Crippen LogP contribution < -0.4 is 16.0 Å². The highest BCUT2D eigenvalue weighted by atomic mass is 32.2. The minimum Gasteiger partial charge on any atom is -0.354 e. The first-order chi connectivity index (χ1) is 14.3. The zero-order chi connectivity index (χ0) is 21.7. The quantitative estimate of drug-likeness (QED) is 0.596. The van der Waals surface area contributed by atoms with Crippen LogP contribution in [0, 0.1) is 0 Å². The Morgan fingerprint density at radius 1 is 1.07 bits per heavy atom. The first-order valence-electron chi connectivity index (χ1n) is 9.40. The van der Waals surface area contributed by atoms with Crippen LogP contribution in [0.3, 0.4) is 0 Å². The summed E-state index contributed by atoms with van der Waals surface area (Å²) in [6, 6.07) is 15.3.